The molecule has 0 bridgehead atoms. The molecule has 22 heavy (non-hydrogen) atoms. The van der Waals surface area contributed by atoms with Crippen LogP contribution >= 0.6 is 22.1 Å². The molecule has 0 unspecified atom stereocenters. The Morgan fingerprint density at radius 1 is 0.500 bits per heavy atom. The molecule has 0 aliphatic carbocycles. The summed E-state index contributed by atoms with van der Waals surface area (Å²) in [6.45, 7) is 10.4. The SMILES string of the molecule is CCP(=O)(O)CC.CCP(=O)(O)CC.CCP(=O)(O)CC.[Al]. The molecule has 0 fully saturated rings. The highest BCUT2D eigenvalue weighted by atomic mass is 31.2. The third-order valence-electron chi connectivity index (χ3n) is 2.96. The summed E-state index contributed by atoms with van der Waals surface area (Å²) in [6.07, 6.45) is 2.44. The molecular formula is C12H33AlO6P3. The van der Waals surface area contributed by atoms with Crippen molar-refractivity contribution >= 4 is 39.5 Å². The number of rotatable bonds is 6. The minimum Gasteiger partial charge on any atom is -0.344 e. The molecule has 0 aromatic carbocycles. The van der Waals surface area contributed by atoms with Crippen LogP contribution in [0.3, 0.4) is 0 Å². The van der Waals surface area contributed by atoms with Gasteiger partial charge in [-0.2, -0.15) is 0 Å². The van der Waals surface area contributed by atoms with Crippen LogP contribution in [-0.4, -0.2) is 69.0 Å². The molecule has 0 atom stereocenters. The molecule has 0 saturated heterocycles. The van der Waals surface area contributed by atoms with Gasteiger partial charge in [0.25, 0.3) is 0 Å². The summed E-state index contributed by atoms with van der Waals surface area (Å²) >= 11 is 0. The second-order valence-electron chi connectivity index (χ2n) is 4.44. The van der Waals surface area contributed by atoms with Crippen molar-refractivity contribution in [1.82, 2.24) is 0 Å². The third-order valence-corrected chi connectivity index (χ3v) is 8.89. The van der Waals surface area contributed by atoms with Crippen LogP contribution in [0.15, 0.2) is 0 Å². The number of hydrogen-bond acceptors (Lipinski definition) is 3. The lowest BCUT2D eigenvalue weighted by atomic mass is 11.0. The molecule has 0 spiro atoms. The first-order valence-corrected chi connectivity index (χ1v) is 13.4. The fraction of sp³-hybridized carbons (Fsp3) is 1.00. The first kappa shape index (κ1) is 30.9. The van der Waals surface area contributed by atoms with E-state index in [0.717, 1.165) is 0 Å². The molecule has 0 aromatic rings. The van der Waals surface area contributed by atoms with Crippen molar-refractivity contribution in [3.63, 3.8) is 0 Å². The maximum absolute atomic E-state index is 10.5. The van der Waals surface area contributed by atoms with E-state index in [2.05, 4.69) is 0 Å². The van der Waals surface area contributed by atoms with E-state index in [1.807, 2.05) is 0 Å². The van der Waals surface area contributed by atoms with Crippen LogP contribution in [0.2, 0.25) is 0 Å². The van der Waals surface area contributed by atoms with Gasteiger partial charge in [0.2, 0.25) is 0 Å². The van der Waals surface area contributed by atoms with Gasteiger partial charge in [0, 0.05) is 54.3 Å². The summed E-state index contributed by atoms with van der Waals surface area (Å²) in [5.74, 6) is 0. The lowest BCUT2D eigenvalue weighted by Crippen LogP contribution is -1.84. The Hall–Kier alpha value is 1.10. The lowest BCUT2D eigenvalue weighted by Gasteiger charge is -2.01. The monoisotopic (exact) mass is 393 g/mol. The van der Waals surface area contributed by atoms with E-state index in [4.69, 9.17) is 14.7 Å². The van der Waals surface area contributed by atoms with Gasteiger partial charge in [0.05, 0.1) is 0 Å². The summed E-state index contributed by atoms with van der Waals surface area (Å²) in [7, 11) is -7.96. The fourth-order valence-corrected chi connectivity index (χ4v) is 2.01. The van der Waals surface area contributed by atoms with Gasteiger partial charge in [-0.1, -0.05) is 41.5 Å². The fourth-order valence-electron chi connectivity index (χ4n) is 0.671. The Labute approximate surface area is 146 Å². The molecule has 0 aliphatic rings. The van der Waals surface area contributed by atoms with E-state index in [1.54, 1.807) is 41.5 Å². The highest BCUT2D eigenvalue weighted by Crippen LogP contribution is 2.39. The van der Waals surface area contributed by atoms with E-state index < -0.39 is 22.1 Å². The van der Waals surface area contributed by atoms with Gasteiger partial charge in [-0.3, -0.25) is 13.7 Å². The quantitative estimate of drug-likeness (QED) is 0.470. The maximum atomic E-state index is 10.5. The molecule has 135 valence electrons. The van der Waals surface area contributed by atoms with Crippen molar-refractivity contribution < 1.29 is 28.4 Å². The van der Waals surface area contributed by atoms with Gasteiger partial charge in [-0.25, -0.2) is 0 Å². The Balaban J connectivity index is -0.000000108. The van der Waals surface area contributed by atoms with Crippen LogP contribution in [0.25, 0.3) is 0 Å². The van der Waals surface area contributed by atoms with Gasteiger partial charge in [0.1, 0.15) is 0 Å². The van der Waals surface area contributed by atoms with Gasteiger partial charge in [0.15, 0.2) is 22.1 Å². The predicted molar refractivity (Wildman–Crippen MR) is 98.5 cm³/mol. The Bertz CT molecular complexity index is 308. The van der Waals surface area contributed by atoms with E-state index >= 15 is 0 Å². The van der Waals surface area contributed by atoms with Crippen molar-refractivity contribution in [3.05, 3.63) is 0 Å². The molecule has 0 rings (SSSR count). The van der Waals surface area contributed by atoms with Crippen LogP contribution < -0.4 is 0 Å². The Kier molecular flexibility index (Phi) is 22.0. The van der Waals surface area contributed by atoms with Crippen LogP contribution in [0.1, 0.15) is 41.5 Å². The summed E-state index contributed by atoms with van der Waals surface area (Å²) in [4.78, 5) is 26.1. The van der Waals surface area contributed by atoms with Crippen LogP contribution in [0, 0.1) is 0 Å². The highest BCUT2D eigenvalue weighted by molar-refractivity contribution is 7.58. The second-order valence-corrected chi connectivity index (χ2v) is 13.3. The lowest BCUT2D eigenvalue weighted by molar-refractivity contribution is 0.479. The Morgan fingerprint density at radius 2 is 0.591 bits per heavy atom. The molecular weight excluding hydrogens is 360 g/mol. The third kappa shape index (κ3) is 23.4. The average molecular weight is 393 g/mol. The first-order chi connectivity index (χ1) is 9.36. The molecule has 0 aromatic heterocycles. The van der Waals surface area contributed by atoms with Crippen molar-refractivity contribution in [2.45, 2.75) is 41.5 Å². The topological polar surface area (TPSA) is 112 Å². The molecule has 0 heterocycles. The van der Waals surface area contributed by atoms with Crippen LogP contribution in [0.4, 0.5) is 0 Å². The minimum absolute atomic E-state index is 0. The molecule has 0 amide bonds. The van der Waals surface area contributed by atoms with E-state index in [9.17, 15) is 13.7 Å². The molecule has 10 heteroatoms. The molecule has 0 aliphatic heterocycles. The van der Waals surface area contributed by atoms with Crippen LogP contribution in [-0.2, 0) is 13.7 Å². The normalized spacial score (nSPS) is 11.3. The van der Waals surface area contributed by atoms with E-state index in [-0.39, 0.29) is 17.4 Å². The standard InChI is InChI=1S/3C4H11O2P.Al/c3*1-3-7(5,6)4-2;/h3*3-4H2,1-2H3,(H,5,6);. The van der Waals surface area contributed by atoms with Gasteiger partial charge >= 0.3 is 0 Å². The summed E-state index contributed by atoms with van der Waals surface area (Å²) in [5.41, 5.74) is 0. The highest BCUT2D eigenvalue weighted by Gasteiger charge is 2.09. The molecule has 3 radical (unpaired) electrons. The molecule has 3 N–H and O–H groups in total. The summed E-state index contributed by atoms with van der Waals surface area (Å²) in [5, 5.41) is 0. The average Bonchev–Trinajstić information content (AvgIpc) is 2.48. The van der Waals surface area contributed by atoms with Gasteiger partial charge in [-0.05, 0) is 0 Å². The van der Waals surface area contributed by atoms with Crippen LogP contribution in [0.5, 0.6) is 0 Å². The van der Waals surface area contributed by atoms with E-state index in [0.29, 0.717) is 37.0 Å². The maximum Gasteiger partial charge on any atom is 0.200 e. The van der Waals surface area contributed by atoms with Gasteiger partial charge < -0.3 is 14.7 Å². The van der Waals surface area contributed by atoms with Crippen molar-refractivity contribution in [2.75, 3.05) is 37.0 Å². The zero-order chi connectivity index (χ0) is 17.7. The molecule has 0 saturated carbocycles. The van der Waals surface area contributed by atoms with E-state index in [1.165, 1.54) is 0 Å². The predicted octanol–water partition coefficient (Wildman–Crippen LogP) is 3.51. The zero-order valence-electron chi connectivity index (χ0n) is 14.7. The largest absolute Gasteiger partial charge is 0.344 e. The van der Waals surface area contributed by atoms with Crippen molar-refractivity contribution in [2.24, 2.45) is 0 Å². The molecule has 6 nitrogen and oxygen atoms in total. The van der Waals surface area contributed by atoms with Crippen molar-refractivity contribution in [3.8, 4) is 0 Å². The number of hydrogen-bond donors (Lipinski definition) is 3. The summed E-state index contributed by atoms with van der Waals surface area (Å²) < 4.78 is 31.5. The zero-order valence-corrected chi connectivity index (χ0v) is 18.6. The van der Waals surface area contributed by atoms with Crippen molar-refractivity contribution in [1.29, 1.82) is 0 Å². The van der Waals surface area contributed by atoms with Gasteiger partial charge in [-0.15, -0.1) is 0 Å². The Morgan fingerprint density at radius 3 is 0.591 bits per heavy atom. The first-order valence-electron chi connectivity index (χ1n) is 7.29. The second kappa shape index (κ2) is 15.6. The summed E-state index contributed by atoms with van der Waals surface area (Å²) in [6, 6.07) is 0. The minimum atomic E-state index is -2.65. The smallest absolute Gasteiger partial charge is 0.200 e.